The second-order valence-corrected chi connectivity index (χ2v) is 5.94. The summed E-state index contributed by atoms with van der Waals surface area (Å²) < 4.78 is 55.9. The molecular formula is C20H15F4N3O2. The van der Waals surface area contributed by atoms with Gasteiger partial charge in [-0.2, -0.15) is 13.2 Å². The van der Waals surface area contributed by atoms with E-state index in [4.69, 9.17) is 4.74 Å². The average molecular weight is 405 g/mol. The predicted octanol–water partition coefficient (Wildman–Crippen LogP) is 4.11. The SMILES string of the molecule is O=C(NCCOc1ccc(-c2ccc(F)cc2)nn1)c1ccc(C(F)(F)F)cc1. The monoisotopic (exact) mass is 405 g/mol. The second kappa shape index (κ2) is 8.68. The molecule has 9 heteroatoms. The number of hydrogen-bond acceptors (Lipinski definition) is 4. The van der Waals surface area contributed by atoms with Crippen LogP contribution in [0.2, 0.25) is 0 Å². The second-order valence-electron chi connectivity index (χ2n) is 5.94. The van der Waals surface area contributed by atoms with E-state index >= 15 is 0 Å². The highest BCUT2D eigenvalue weighted by molar-refractivity contribution is 5.94. The van der Waals surface area contributed by atoms with Gasteiger partial charge in [0, 0.05) is 17.2 Å². The minimum atomic E-state index is -4.45. The first kappa shape index (κ1) is 20.2. The van der Waals surface area contributed by atoms with Crippen molar-refractivity contribution in [3.05, 3.63) is 77.6 Å². The lowest BCUT2D eigenvalue weighted by Crippen LogP contribution is -2.28. The van der Waals surface area contributed by atoms with Gasteiger partial charge in [-0.1, -0.05) is 0 Å². The van der Waals surface area contributed by atoms with Crippen LogP contribution in [0.5, 0.6) is 5.88 Å². The number of alkyl halides is 3. The minimum absolute atomic E-state index is 0.0942. The molecule has 5 nitrogen and oxygen atoms in total. The number of amides is 1. The van der Waals surface area contributed by atoms with Gasteiger partial charge in [0.2, 0.25) is 5.88 Å². The van der Waals surface area contributed by atoms with E-state index < -0.39 is 17.6 Å². The van der Waals surface area contributed by atoms with Crippen molar-refractivity contribution in [3.8, 4) is 17.1 Å². The molecule has 2 aromatic carbocycles. The van der Waals surface area contributed by atoms with Crippen LogP contribution in [-0.4, -0.2) is 29.3 Å². The third-order valence-electron chi connectivity index (χ3n) is 3.89. The maximum atomic E-state index is 12.9. The number of carbonyl (C=O) groups excluding carboxylic acids is 1. The summed E-state index contributed by atoms with van der Waals surface area (Å²) in [5, 5.41) is 10.4. The Bertz CT molecular complexity index is 957. The zero-order valence-electron chi connectivity index (χ0n) is 14.9. The van der Waals surface area contributed by atoms with E-state index in [0.29, 0.717) is 11.3 Å². The fourth-order valence-electron chi connectivity index (χ4n) is 2.40. The molecule has 1 amide bonds. The summed E-state index contributed by atoms with van der Waals surface area (Å²) in [5.41, 5.74) is 0.545. The molecule has 0 aliphatic carbocycles. The number of nitrogens with zero attached hydrogens (tertiary/aromatic N) is 2. The van der Waals surface area contributed by atoms with Crippen molar-refractivity contribution >= 4 is 5.91 Å². The molecule has 0 radical (unpaired) electrons. The fraction of sp³-hybridized carbons (Fsp3) is 0.150. The van der Waals surface area contributed by atoms with E-state index in [1.54, 1.807) is 24.3 Å². The Morgan fingerprint density at radius 1 is 0.931 bits per heavy atom. The van der Waals surface area contributed by atoms with Crippen molar-refractivity contribution in [1.29, 1.82) is 0 Å². The summed E-state index contributed by atoms with van der Waals surface area (Å²) >= 11 is 0. The topological polar surface area (TPSA) is 64.1 Å². The standard InChI is InChI=1S/C20H15F4N3O2/c21-16-7-3-13(4-8-16)17-9-10-18(27-26-17)29-12-11-25-19(28)14-1-5-15(6-2-14)20(22,23)24/h1-10H,11-12H2,(H,25,28). The lowest BCUT2D eigenvalue weighted by molar-refractivity contribution is -0.137. The van der Waals surface area contributed by atoms with Gasteiger partial charge in [-0.15, -0.1) is 10.2 Å². The largest absolute Gasteiger partial charge is 0.475 e. The Hall–Kier alpha value is -3.49. The van der Waals surface area contributed by atoms with Crippen LogP contribution in [0.3, 0.4) is 0 Å². The minimum Gasteiger partial charge on any atom is -0.475 e. The number of ether oxygens (including phenoxy) is 1. The number of nitrogens with one attached hydrogen (secondary N) is 1. The van der Waals surface area contributed by atoms with Crippen molar-refractivity contribution in [3.63, 3.8) is 0 Å². The van der Waals surface area contributed by atoms with Gasteiger partial charge in [0.15, 0.2) is 0 Å². The highest BCUT2D eigenvalue weighted by Gasteiger charge is 2.30. The van der Waals surface area contributed by atoms with Crippen LogP contribution in [0.4, 0.5) is 17.6 Å². The van der Waals surface area contributed by atoms with Gasteiger partial charge in [-0.3, -0.25) is 4.79 Å². The number of carbonyl (C=O) groups is 1. The Morgan fingerprint density at radius 2 is 1.62 bits per heavy atom. The Balaban J connectivity index is 1.46. The average Bonchev–Trinajstić information content (AvgIpc) is 2.71. The zero-order valence-corrected chi connectivity index (χ0v) is 14.9. The molecule has 1 heterocycles. The highest BCUT2D eigenvalue weighted by atomic mass is 19.4. The first-order valence-electron chi connectivity index (χ1n) is 8.51. The maximum Gasteiger partial charge on any atom is 0.416 e. The van der Waals surface area contributed by atoms with Gasteiger partial charge < -0.3 is 10.1 Å². The first-order chi connectivity index (χ1) is 13.8. The molecule has 150 valence electrons. The predicted molar refractivity (Wildman–Crippen MR) is 96.7 cm³/mol. The van der Waals surface area contributed by atoms with Crippen molar-refractivity contribution in [2.75, 3.05) is 13.2 Å². The van der Waals surface area contributed by atoms with Gasteiger partial charge in [0.05, 0.1) is 17.8 Å². The molecule has 0 fully saturated rings. The number of hydrogen-bond donors (Lipinski definition) is 1. The maximum absolute atomic E-state index is 12.9. The van der Waals surface area contributed by atoms with Crippen LogP contribution in [0.25, 0.3) is 11.3 Å². The smallest absolute Gasteiger partial charge is 0.416 e. The van der Waals surface area contributed by atoms with E-state index in [1.165, 1.54) is 12.1 Å². The number of aromatic nitrogens is 2. The molecule has 1 aromatic heterocycles. The highest BCUT2D eigenvalue weighted by Crippen LogP contribution is 2.29. The summed E-state index contributed by atoms with van der Waals surface area (Å²) in [6.45, 7) is 0.220. The van der Waals surface area contributed by atoms with Gasteiger partial charge in [-0.05, 0) is 54.6 Å². The third-order valence-corrected chi connectivity index (χ3v) is 3.89. The molecule has 0 atom stereocenters. The van der Waals surface area contributed by atoms with Crippen LogP contribution < -0.4 is 10.1 Å². The molecule has 0 aliphatic rings. The number of benzene rings is 2. The van der Waals surface area contributed by atoms with Crippen LogP contribution >= 0.6 is 0 Å². The van der Waals surface area contributed by atoms with Crippen molar-refractivity contribution in [1.82, 2.24) is 15.5 Å². The van der Waals surface area contributed by atoms with Gasteiger partial charge >= 0.3 is 6.18 Å². The van der Waals surface area contributed by atoms with E-state index in [1.807, 2.05) is 0 Å². The lowest BCUT2D eigenvalue weighted by atomic mass is 10.1. The normalized spacial score (nSPS) is 11.2. The van der Waals surface area contributed by atoms with Gasteiger partial charge in [-0.25, -0.2) is 4.39 Å². The number of rotatable bonds is 6. The van der Waals surface area contributed by atoms with E-state index in [2.05, 4.69) is 15.5 Å². The van der Waals surface area contributed by atoms with E-state index in [9.17, 15) is 22.4 Å². The lowest BCUT2D eigenvalue weighted by Gasteiger charge is -2.09. The molecule has 3 rings (SSSR count). The molecule has 0 saturated carbocycles. The van der Waals surface area contributed by atoms with Crippen LogP contribution in [0.1, 0.15) is 15.9 Å². The molecule has 0 bridgehead atoms. The Labute approximate surface area is 163 Å². The molecule has 0 aliphatic heterocycles. The number of halogens is 4. The van der Waals surface area contributed by atoms with E-state index in [0.717, 1.165) is 24.3 Å². The quantitative estimate of drug-likeness (QED) is 0.495. The zero-order chi connectivity index (χ0) is 20.9. The third kappa shape index (κ3) is 5.50. The molecule has 0 spiro atoms. The fourth-order valence-corrected chi connectivity index (χ4v) is 2.40. The summed E-state index contributed by atoms with van der Waals surface area (Å²) in [7, 11) is 0. The molecule has 0 saturated heterocycles. The van der Waals surface area contributed by atoms with Crippen LogP contribution in [0, 0.1) is 5.82 Å². The van der Waals surface area contributed by atoms with Gasteiger partial charge in [0.1, 0.15) is 12.4 Å². The van der Waals surface area contributed by atoms with E-state index in [-0.39, 0.29) is 30.4 Å². The summed E-state index contributed by atoms with van der Waals surface area (Å²) in [5.74, 6) is -0.625. The summed E-state index contributed by atoms with van der Waals surface area (Å²) in [6, 6.07) is 13.0. The molecule has 1 N–H and O–H groups in total. The van der Waals surface area contributed by atoms with Crippen molar-refractivity contribution in [2.24, 2.45) is 0 Å². The summed E-state index contributed by atoms with van der Waals surface area (Å²) in [4.78, 5) is 11.9. The Kier molecular flexibility index (Phi) is 6.06. The van der Waals surface area contributed by atoms with Crippen molar-refractivity contribution in [2.45, 2.75) is 6.18 Å². The first-order valence-corrected chi connectivity index (χ1v) is 8.51. The van der Waals surface area contributed by atoms with Crippen LogP contribution in [0.15, 0.2) is 60.7 Å². The van der Waals surface area contributed by atoms with Crippen LogP contribution in [-0.2, 0) is 6.18 Å². The molecular weight excluding hydrogens is 390 g/mol. The molecule has 3 aromatic rings. The van der Waals surface area contributed by atoms with Crippen molar-refractivity contribution < 1.29 is 27.1 Å². The molecule has 0 unspecified atom stereocenters. The Morgan fingerprint density at radius 3 is 2.21 bits per heavy atom. The summed E-state index contributed by atoms with van der Waals surface area (Å²) in [6.07, 6.45) is -4.45. The van der Waals surface area contributed by atoms with Gasteiger partial charge in [0.25, 0.3) is 5.91 Å². The molecule has 29 heavy (non-hydrogen) atoms.